The van der Waals surface area contributed by atoms with E-state index in [2.05, 4.69) is 10.3 Å². The van der Waals surface area contributed by atoms with Gasteiger partial charge in [-0.25, -0.2) is 18.2 Å². The number of sulfone groups is 1. The molecule has 3 heterocycles. The van der Waals surface area contributed by atoms with Crippen molar-refractivity contribution in [3.63, 3.8) is 0 Å². The summed E-state index contributed by atoms with van der Waals surface area (Å²) in [5.41, 5.74) is -0.531. The first-order chi connectivity index (χ1) is 14.2. The fourth-order valence-corrected chi connectivity index (χ4v) is 6.10. The summed E-state index contributed by atoms with van der Waals surface area (Å²) >= 11 is 0. The van der Waals surface area contributed by atoms with Crippen LogP contribution in [0.1, 0.15) is 31.2 Å². The van der Waals surface area contributed by atoms with E-state index in [1.54, 1.807) is 17.0 Å². The van der Waals surface area contributed by atoms with Crippen molar-refractivity contribution in [1.29, 1.82) is 0 Å². The number of alkyl halides is 3. The van der Waals surface area contributed by atoms with Crippen LogP contribution in [0.15, 0.2) is 53.7 Å². The minimum Gasteiger partial charge on any atom is -0.318 e. The lowest BCUT2D eigenvalue weighted by Crippen LogP contribution is -2.51. The van der Waals surface area contributed by atoms with Crippen LogP contribution >= 0.6 is 0 Å². The molecule has 1 aromatic carbocycles. The number of amides is 2. The Morgan fingerprint density at radius 1 is 1.03 bits per heavy atom. The van der Waals surface area contributed by atoms with Crippen LogP contribution < -0.4 is 5.32 Å². The number of nitrogens with zero attached hydrogens (tertiary/aromatic N) is 2. The zero-order chi connectivity index (χ0) is 21.5. The van der Waals surface area contributed by atoms with Gasteiger partial charge in [-0.2, -0.15) is 13.2 Å². The molecule has 2 unspecified atom stereocenters. The molecule has 2 bridgehead atoms. The molecule has 2 aromatic rings. The standard InChI is InChI=1S/C20H20F3N3O3S/c21-20(22,23)13-4-6-14(7-5-13)25-19(27)26-15-8-9-16(26)12-17(11-15)30(28,29)18-3-1-2-10-24-18/h1-7,10,15-17H,8-9,11-12H2,(H,25,27)/t15-,16?,17?/m1/s1. The molecule has 30 heavy (non-hydrogen) atoms. The van der Waals surface area contributed by atoms with Crippen molar-refractivity contribution in [2.75, 3.05) is 5.32 Å². The third-order valence-electron chi connectivity index (χ3n) is 5.76. The summed E-state index contributed by atoms with van der Waals surface area (Å²) in [6, 6.07) is 8.10. The van der Waals surface area contributed by atoms with Crippen LogP contribution in [0.25, 0.3) is 0 Å². The second kappa shape index (κ2) is 7.57. The number of pyridine rings is 1. The molecule has 160 valence electrons. The topological polar surface area (TPSA) is 79.4 Å². The first kappa shape index (κ1) is 20.6. The van der Waals surface area contributed by atoms with E-state index in [0.29, 0.717) is 25.7 Å². The summed E-state index contributed by atoms with van der Waals surface area (Å²) in [5.74, 6) is 0. The van der Waals surface area contributed by atoms with Crippen LogP contribution in [0, 0.1) is 0 Å². The highest BCUT2D eigenvalue weighted by molar-refractivity contribution is 7.92. The second-order valence-corrected chi connectivity index (χ2v) is 9.78. The highest BCUT2D eigenvalue weighted by Gasteiger charge is 2.47. The Morgan fingerprint density at radius 3 is 2.20 bits per heavy atom. The van der Waals surface area contributed by atoms with Gasteiger partial charge in [-0.1, -0.05) is 6.07 Å². The number of anilines is 1. The average Bonchev–Trinajstić information content (AvgIpc) is 2.98. The lowest BCUT2D eigenvalue weighted by molar-refractivity contribution is -0.137. The van der Waals surface area contributed by atoms with E-state index in [1.807, 2.05) is 0 Å². The summed E-state index contributed by atoms with van der Waals surface area (Å²) in [6.07, 6.45) is -0.985. The number of aromatic nitrogens is 1. The van der Waals surface area contributed by atoms with Gasteiger partial charge in [0, 0.05) is 24.0 Å². The summed E-state index contributed by atoms with van der Waals surface area (Å²) in [7, 11) is -3.59. The normalized spacial score (nSPS) is 24.0. The van der Waals surface area contributed by atoms with Crippen molar-refractivity contribution in [3.8, 4) is 0 Å². The van der Waals surface area contributed by atoms with E-state index < -0.39 is 32.9 Å². The van der Waals surface area contributed by atoms with Gasteiger partial charge in [-0.05, 0) is 62.1 Å². The molecule has 1 aromatic heterocycles. The van der Waals surface area contributed by atoms with Gasteiger partial charge in [0.2, 0.25) is 0 Å². The SMILES string of the molecule is O=C(Nc1ccc(C(F)(F)F)cc1)N1C2CC[C@@H]1CC(S(=O)(=O)c1ccccn1)C2. The fraction of sp³-hybridized carbons (Fsp3) is 0.400. The number of carbonyl (C=O) groups is 1. The van der Waals surface area contributed by atoms with Crippen LogP contribution in [0.5, 0.6) is 0 Å². The Balaban J connectivity index is 1.46. The molecule has 3 atom stereocenters. The van der Waals surface area contributed by atoms with Crippen molar-refractivity contribution < 1.29 is 26.4 Å². The Labute approximate surface area is 172 Å². The molecule has 2 fully saturated rings. The molecule has 0 saturated carbocycles. The fourth-order valence-electron chi connectivity index (χ4n) is 4.33. The number of hydrogen-bond donors (Lipinski definition) is 1. The van der Waals surface area contributed by atoms with Gasteiger partial charge in [0.15, 0.2) is 14.9 Å². The van der Waals surface area contributed by atoms with E-state index in [4.69, 9.17) is 0 Å². The number of nitrogens with one attached hydrogen (secondary N) is 1. The average molecular weight is 439 g/mol. The lowest BCUT2D eigenvalue weighted by atomic mass is 10.0. The van der Waals surface area contributed by atoms with Gasteiger partial charge in [-0.3, -0.25) is 0 Å². The molecular weight excluding hydrogens is 419 g/mol. The van der Waals surface area contributed by atoms with E-state index in [1.165, 1.54) is 24.4 Å². The quantitative estimate of drug-likeness (QED) is 0.781. The lowest BCUT2D eigenvalue weighted by Gasteiger charge is -2.38. The predicted octanol–water partition coefficient (Wildman–Crippen LogP) is 4.10. The maximum absolute atomic E-state index is 12.9. The molecule has 4 rings (SSSR count). The van der Waals surface area contributed by atoms with Crippen molar-refractivity contribution in [2.24, 2.45) is 0 Å². The molecule has 2 saturated heterocycles. The predicted molar refractivity (Wildman–Crippen MR) is 104 cm³/mol. The van der Waals surface area contributed by atoms with Gasteiger partial charge < -0.3 is 10.2 Å². The molecule has 2 amide bonds. The van der Waals surface area contributed by atoms with Crippen LogP contribution in [0.4, 0.5) is 23.7 Å². The van der Waals surface area contributed by atoms with Crippen LogP contribution in [0.2, 0.25) is 0 Å². The van der Waals surface area contributed by atoms with E-state index in [9.17, 15) is 26.4 Å². The van der Waals surface area contributed by atoms with Crippen molar-refractivity contribution in [2.45, 2.75) is 54.2 Å². The van der Waals surface area contributed by atoms with Crippen LogP contribution in [-0.4, -0.2) is 41.7 Å². The van der Waals surface area contributed by atoms with Crippen molar-refractivity contribution in [3.05, 3.63) is 54.2 Å². The Morgan fingerprint density at radius 2 is 1.67 bits per heavy atom. The third-order valence-corrected chi connectivity index (χ3v) is 7.84. The number of piperidine rings is 1. The zero-order valence-electron chi connectivity index (χ0n) is 15.8. The highest BCUT2D eigenvalue weighted by atomic mass is 32.2. The molecule has 0 radical (unpaired) electrons. The first-order valence-electron chi connectivity index (χ1n) is 9.58. The number of carbonyl (C=O) groups excluding carboxylic acids is 1. The van der Waals surface area contributed by atoms with Gasteiger partial charge in [0.25, 0.3) is 0 Å². The molecule has 2 aliphatic rings. The smallest absolute Gasteiger partial charge is 0.318 e. The summed E-state index contributed by atoms with van der Waals surface area (Å²) in [6.45, 7) is 0. The molecule has 10 heteroatoms. The molecular formula is C20H20F3N3O3S. The monoisotopic (exact) mass is 439 g/mol. The number of hydrogen-bond acceptors (Lipinski definition) is 4. The zero-order valence-corrected chi connectivity index (χ0v) is 16.7. The van der Waals surface area contributed by atoms with E-state index >= 15 is 0 Å². The Bertz CT molecular complexity index is 1010. The minimum absolute atomic E-state index is 0.0389. The Hall–Kier alpha value is -2.62. The summed E-state index contributed by atoms with van der Waals surface area (Å²) < 4.78 is 63.9. The van der Waals surface area contributed by atoms with E-state index in [-0.39, 0.29) is 22.8 Å². The number of fused-ring (bicyclic) bond motifs is 2. The summed E-state index contributed by atoms with van der Waals surface area (Å²) in [4.78, 5) is 18.4. The van der Waals surface area contributed by atoms with Gasteiger partial charge in [-0.15, -0.1) is 0 Å². The van der Waals surface area contributed by atoms with Gasteiger partial charge in [0.05, 0.1) is 10.8 Å². The van der Waals surface area contributed by atoms with Gasteiger partial charge in [0.1, 0.15) is 0 Å². The molecule has 1 N–H and O–H groups in total. The first-order valence-corrected chi connectivity index (χ1v) is 11.1. The largest absolute Gasteiger partial charge is 0.416 e. The molecule has 0 aliphatic carbocycles. The number of rotatable bonds is 3. The van der Waals surface area contributed by atoms with E-state index in [0.717, 1.165) is 12.1 Å². The summed E-state index contributed by atoms with van der Waals surface area (Å²) in [5, 5.41) is 2.06. The molecule has 0 spiro atoms. The maximum atomic E-state index is 12.9. The van der Waals surface area contributed by atoms with Crippen LogP contribution in [-0.2, 0) is 16.0 Å². The number of urea groups is 1. The number of halogens is 3. The maximum Gasteiger partial charge on any atom is 0.416 e. The third kappa shape index (κ3) is 3.88. The molecule has 2 aliphatic heterocycles. The van der Waals surface area contributed by atoms with Crippen LogP contribution in [0.3, 0.4) is 0 Å². The van der Waals surface area contributed by atoms with Gasteiger partial charge >= 0.3 is 12.2 Å². The van der Waals surface area contributed by atoms with Crippen molar-refractivity contribution >= 4 is 21.6 Å². The number of benzene rings is 1. The minimum atomic E-state index is -4.44. The molecule has 6 nitrogen and oxygen atoms in total. The highest BCUT2D eigenvalue weighted by Crippen LogP contribution is 2.40. The Kier molecular flexibility index (Phi) is 5.21. The second-order valence-electron chi connectivity index (χ2n) is 7.60. The van der Waals surface area contributed by atoms with Crippen molar-refractivity contribution in [1.82, 2.24) is 9.88 Å².